The van der Waals surface area contributed by atoms with E-state index in [0.717, 1.165) is 36.8 Å². The maximum absolute atomic E-state index is 12.5. The fraction of sp³-hybridized carbons (Fsp3) is 0.444. The number of carbonyl (C=O) groups excluding carboxylic acids is 1. The molecule has 1 aromatic carbocycles. The van der Waals surface area contributed by atoms with E-state index in [1.807, 2.05) is 48.2 Å². The summed E-state index contributed by atoms with van der Waals surface area (Å²) in [6.45, 7) is 7.51. The van der Waals surface area contributed by atoms with E-state index in [0.29, 0.717) is 13.1 Å². The maximum atomic E-state index is 12.5. The fourth-order valence-electron chi connectivity index (χ4n) is 2.85. The van der Waals surface area contributed by atoms with Crippen molar-refractivity contribution in [1.29, 1.82) is 0 Å². The molecule has 6 heteroatoms. The van der Waals surface area contributed by atoms with Gasteiger partial charge in [0.15, 0.2) is 11.9 Å². The number of benzene rings is 1. The van der Waals surface area contributed by atoms with Gasteiger partial charge in [-0.2, -0.15) is 0 Å². The van der Waals surface area contributed by atoms with Crippen LogP contribution in [0.2, 0.25) is 0 Å². The van der Waals surface area contributed by atoms with E-state index in [1.165, 1.54) is 0 Å². The van der Waals surface area contributed by atoms with E-state index in [-0.39, 0.29) is 5.91 Å². The predicted molar refractivity (Wildman–Crippen MR) is 89.6 cm³/mol. The van der Waals surface area contributed by atoms with Gasteiger partial charge in [0.2, 0.25) is 0 Å². The lowest BCUT2D eigenvalue weighted by Crippen LogP contribution is -2.51. The number of carbonyl (C=O) groups is 1. The monoisotopic (exact) mass is 329 g/mol. The van der Waals surface area contributed by atoms with Gasteiger partial charge in [0.05, 0.1) is 12.2 Å². The molecule has 128 valence electrons. The zero-order valence-electron chi connectivity index (χ0n) is 14.1. The average molecular weight is 329 g/mol. The number of rotatable bonds is 5. The molecular formula is C18H23N3O3. The quantitative estimate of drug-likeness (QED) is 0.841. The van der Waals surface area contributed by atoms with E-state index in [1.54, 1.807) is 6.92 Å². The Morgan fingerprint density at radius 3 is 2.58 bits per heavy atom. The summed E-state index contributed by atoms with van der Waals surface area (Å²) in [7, 11) is 0. The van der Waals surface area contributed by atoms with Crippen molar-refractivity contribution >= 4 is 5.91 Å². The Morgan fingerprint density at radius 1 is 1.25 bits per heavy atom. The third-order valence-electron chi connectivity index (χ3n) is 4.14. The molecule has 24 heavy (non-hydrogen) atoms. The molecule has 1 atom stereocenters. The number of ether oxygens (including phenoxy) is 1. The second-order valence-electron chi connectivity index (χ2n) is 6.11. The Balaban J connectivity index is 1.47. The van der Waals surface area contributed by atoms with Crippen molar-refractivity contribution in [1.82, 2.24) is 15.0 Å². The molecule has 0 bridgehead atoms. The Morgan fingerprint density at radius 2 is 1.96 bits per heavy atom. The van der Waals surface area contributed by atoms with Crippen molar-refractivity contribution < 1.29 is 14.1 Å². The summed E-state index contributed by atoms with van der Waals surface area (Å²) in [5.41, 5.74) is 0.894. The summed E-state index contributed by atoms with van der Waals surface area (Å²) in [6, 6.07) is 11.4. The summed E-state index contributed by atoms with van der Waals surface area (Å²) in [5.74, 6) is 1.62. The molecule has 1 saturated heterocycles. The number of aryl methyl sites for hydroxylation is 1. The van der Waals surface area contributed by atoms with Gasteiger partial charge in [-0.1, -0.05) is 23.4 Å². The standard InChI is InChI=1S/C18H23N3O3/c1-14-12-17(24-19-14)13-20-8-10-21(11-9-20)18(22)15(2)23-16-6-4-3-5-7-16/h3-7,12,15H,8-11,13H2,1-2H3. The third kappa shape index (κ3) is 4.14. The van der Waals surface area contributed by atoms with Crippen molar-refractivity contribution in [2.45, 2.75) is 26.5 Å². The highest BCUT2D eigenvalue weighted by Crippen LogP contribution is 2.14. The van der Waals surface area contributed by atoms with Gasteiger partial charge >= 0.3 is 0 Å². The zero-order valence-corrected chi connectivity index (χ0v) is 14.1. The largest absolute Gasteiger partial charge is 0.481 e. The van der Waals surface area contributed by atoms with Crippen LogP contribution in [0.5, 0.6) is 5.75 Å². The van der Waals surface area contributed by atoms with Crippen molar-refractivity contribution in [2.75, 3.05) is 26.2 Å². The molecule has 0 spiro atoms. The van der Waals surface area contributed by atoms with Crippen LogP contribution < -0.4 is 4.74 Å². The van der Waals surface area contributed by atoms with Gasteiger partial charge in [-0.05, 0) is 26.0 Å². The van der Waals surface area contributed by atoms with E-state index >= 15 is 0 Å². The van der Waals surface area contributed by atoms with Gasteiger partial charge in [-0.25, -0.2) is 0 Å². The van der Waals surface area contributed by atoms with E-state index in [9.17, 15) is 4.79 Å². The van der Waals surface area contributed by atoms with Gasteiger partial charge < -0.3 is 14.2 Å². The van der Waals surface area contributed by atoms with Gasteiger partial charge in [-0.15, -0.1) is 0 Å². The highest BCUT2D eigenvalue weighted by atomic mass is 16.5. The van der Waals surface area contributed by atoms with E-state index < -0.39 is 6.10 Å². The van der Waals surface area contributed by atoms with Gasteiger partial charge in [-0.3, -0.25) is 9.69 Å². The van der Waals surface area contributed by atoms with Crippen LogP contribution in [0.4, 0.5) is 0 Å². The molecule has 0 radical (unpaired) electrons. The highest BCUT2D eigenvalue weighted by Gasteiger charge is 2.26. The van der Waals surface area contributed by atoms with Crippen LogP contribution in [-0.4, -0.2) is 53.1 Å². The minimum Gasteiger partial charge on any atom is -0.481 e. The number of aromatic nitrogens is 1. The van der Waals surface area contributed by atoms with E-state index in [4.69, 9.17) is 9.26 Å². The van der Waals surface area contributed by atoms with Crippen LogP contribution in [0.1, 0.15) is 18.4 Å². The minimum atomic E-state index is -0.476. The number of hydrogen-bond donors (Lipinski definition) is 0. The topological polar surface area (TPSA) is 58.8 Å². The molecule has 0 aliphatic carbocycles. The van der Waals surface area contributed by atoms with Gasteiger partial charge in [0.25, 0.3) is 5.91 Å². The number of piperazine rings is 1. The van der Waals surface area contributed by atoms with Crippen LogP contribution in [0, 0.1) is 6.92 Å². The second kappa shape index (κ2) is 7.49. The van der Waals surface area contributed by atoms with Gasteiger partial charge in [0, 0.05) is 32.2 Å². The maximum Gasteiger partial charge on any atom is 0.263 e. The molecule has 1 aromatic heterocycles. The average Bonchev–Trinajstić information content (AvgIpc) is 3.00. The first-order valence-corrected chi connectivity index (χ1v) is 8.27. The second-order valence-corrected chi connectivity index (χ2v) is 6.11. The number of nitrogens with zero attached hydrogens (tertiary/aromatic N) is 3. The molecule has 0 N–H and O–H groups in total. The molecule has 6 nitrogen and oxygen atoms in total. The molecular weight excluding hydrogens is 306 g/mol. The number of hydrogen-bond acceptors (Lipinski definition) is 5. The lowest BCUT2D eigenvalue weighted by atomic mass is 10.2. The Kier molecular flexibility index (Phi) is 5.15. The Hall–Kier alpha value is -2.34. The fourth-order valence-corrected chi connectivity index (χ4v) is 2.85. The van der Waals surface area contributed by atoms with Gasteiger partial charge in [0.1, 0.15) is 5.75 Å². The first-order chi connectivity index (χ1) is 11.6. The molecule has 2 aromatic rings. The summed E-state index contributed by atoms with van der Waals surface area (Å²) >= 11 is 0. The Labute approximate surface area is 142 Å². The van der Waals surface area contributed by atoms with Crippen LogP contribution in [0.3, 0.4) is 0 Å². The summed E-state index contributed by atoms with van der Waals surface area (Å²) < 4.78 is 11.0. The molecule has 1 aliphatic heterocycles. The van der Waals surface area contributed by atoms with Crippen LogP contribution in [-0.2, 0) is 11.3 Å². The van der Waals surface area contributed by atoms with Crippen molar-refractivity contribution in [3.8, 4) is 5.75 Å². The lowest BCUT2D eigenvalue weighted by Gasteiger charge is -2.35. The van der Waals surface area contributed by atoms with Crippen LogP contribution in [0.15, 0.2) is 40.9 Å². The summed E-state index contributed by atoms with van der Waals surface area (Å²) in [6.07, 6.45) is -0.476. The normalized spacial score (nSPS) is 16.8. The smallest absolute Gasteiger partial charge is 0.263 e. The Bertz CT molecular complexity index is 663. The van der Waals surface area contributed by atoms with Crippen molar-refractivity contribution in [3.63, 3.8) is 0 Å². The summed E-state index contributed by atoms with van der Waals surface area (Å²) in [5, 5.41) is 3.91. The SMILES string of the molecule is Cc1cc(CN2CCN(C(=O)C(C)Oc3ccccc3)CC2)on1. The minimum absolute atomic E-state index is 0.0361. The number of amides is 1. The molecule has 1 unspecified atom stereocenters. The molecule has 1 aliphatic rings. The zero-order chi connectivity index (χ0) is 16.9. The molecule has 0 saturated carbocycles. The van der Waals surface area contributed by atoms with Crippen LogP contribution >= 0.6 is 0 Å². The number of para-hydroxylation sites is 1. The first kappa shape index (κ1) is 16.5. The first-order valence-electron chi connectivity index (χ1n) is 8.27. The molecule has 1 fully saturated rings. The molecule has 1 amide bonds. The third-order valence-corrected chi connectivity index (χ3v) is 4.14. The molecule has 2 heterocycles. The predicted octanol–water partition coefficient (Wildman–Crippen LogP) is 2.09. The highest BCUT2D eigenvalue weighted by molar-refractivity contribution is 5.81. The van der Waals surface area contributed by atoms with Crippen LogP contribution in [0.25, 0.3) is 0 Å². The lowest BCUT2D eigenvalue weighted by molar-refractivity contribution is -0.139. The van der Waals surface area contributed by atoms with Crippen molar-refractivity contribution in [2.24, 2.45) is 0 Å². The van der Waals surface area contributed by atoms with Crippen molar-refractivity contribution in [3.05, 3.63) is 47.9 Å². The molecule has 3 rings (SSSR count). The summed E-state index contributed by atoms with van der Waals surface area (Å²) in [4.78, 5) is 16.7. The van der Waals surface area contributed by atoms with E-state index in [2.05, 4.69) is 10.1 Å².